The standard InChI is InChI=1S/C11H26N2O3Si/c1-11-10-13(8-6-12-11)7-5-9-17(14-2,15-3)16-4/h11-12H,5-10H2,1-4H3. The molecule has 1 atom stereocenters. The Morgan fingerprint density at radius 3 is 2.41 bits per heavy atom. The molecule has 1 saturated heterocycles. The Bertz CT molecular complexity index is 207. The molecular formula is C11H26N2O3Si. The molecule has 0 bridgehead atoms. The summed E-state index contributed by atoms with van der Waals surface area (Å²) in [5, 5.41) is 3.45. The fourth-order valence-corrected chi connectivity index (χ4v) is 3.99. The minimum Gasteiger partial charge on any atom is -0.377 e. The number of nitrogens with one attached hydrogen (secondary N) is 1. The van der Waals surface area contributed by atoms with Gasteiger partial charge in [-0.1, -0.05) is 0 Å². The molecule has 0 radical (unpaired) electrons. The monoisotopic (exact) mass is 262 g/mol. The highest BCUT2D eigenvalue weighted by Crippen LogP contribution is 2.15. The van der Waals surface area contributed by atoms with Crippen molar-refractivity contribution in [2.45, 2.75) is 25.4 Å². The summed E-state index contributed by atoms with van der Waals surface area (Å²) in [7, 11) is 2.66. The van der Waals surface area contributed by atoms with E-state index in [1.54, 1.807) is 21.3 Å². The van der Waals surface area contributed by atoms with Gasteiger partial charge in [0.05, 0.1) is 0 Å². The Hall–Kier alpha value is 0.0169. The van der Waals surface area contributed by atoms with Gasteiger partial charge in [-0.15, -0.1) is 0 Å². The maximum absolute atomic E-state index is 5.41. The van der Waals surface area contributed by atoms with Gasteiger partial charge >= 0.3 is 8.80 Å². The van der Waals surface area contributed by atoms with Crippen molar-refractivity contribution >= 4 is 8.80 Å². The summed E-state index contributed by atoms with van der Waals surface area (Å²) < 4.78 is 16.2. The smallest absolute Gasteiger partial charge is 0.377 e. The Kier molecular flexibility index (Phi) is 6.61. The molecule has 17 heavy (non-hydrogen) atoms. The van der Waals surface area contributed by atoms with Crippen molar-refractivity contribution in [3.8, 4) is 0 Å². The Morgan fingerprint density at radius 2 is 1.88 bits per heavy atom. The van der Waals surface area contributed by atoms with Crippen LogP contribution in [-0.4, -0.2) is 67.3 Å². The molecule has 1 aliphatic heterocycles. The predicted octanol–water partition coefficient (Wildman–Crippen LogP) is 0.548. The maximum atomic E-state index is 5.41. The normalized spacial score (nSPS) is 22.9. The molecule has 0 aliphatic carbocycles. The average molecular weight is 262 g/mol. The van der Waals surface area contributed by atoms with E-state index in [9.17, 15) is 0 Å². The first-order valence-corrected chi connectivity index (χ1v) is 8.20. The number of piperazine rings is 1. The topological polar surface area (TPSA) is 43.0 Å². The number of rotatable bonds is 7. The molecule has 6 heteroatoms. The van der Waals surface area contributed by atoms with Crippen molar-refractivity contribution < 1.29 is 13.3 Å². The summed E-state index contributed by atoms with van der Waals surface area (Å²) in [6.07, 6.45) is 1.06. The predicted molar refractivity (Wildman–Crippen MR) is 70.1 cm³/mol. The lowest BCUT2D eigenvalue weighted by Gasteiger charge is -2.32. The molecule has 0 amide bonds. The Balaban J connectivity index is 2.26. The first-order chi connectivity index (χ1) is 8.15. The van der Waals surface area contributed by atoms with Gasteiger partial charge in [0.15, 0.2) is 0 Å². The van der Waals surface area contributed by atoms with Crippen LogP contribution in [0, 0.1) is 0 Å². The van der Waals surface area contributed by atoms with Gasteiger partial charge in [0.25, 0.3) is 0 Å². The summed E-state index contributed by atoms with van der Waals surface area (Å²) in [5.74, 6) is 0. The summed E-state index contributed by atoms with van der Waals surface area (Å²) in [5.41, 5.74) is 0. The van der Waals surface area contributed by atoms with Crippen LogP contribution in [0.1, 0.15) is 13.3 Å². The van der Waals surface area contributed by atoms with E-state index < -0.39 is 8.80 Å². The van der Waals surface area contributed by atoms with Gasteiger partial charge < -0.3 is 23.5 Å². The van der Waals surface area contributed by atoms with Crippen LogP contribution in [0.15, 0.2) is 0 Å². The van der Waals surface area contributed by atoms with Crippen molar-refractivity contribution in [3.05, 3.63) is 0 Å². The molecule has 1 fully saturated rings. The molecule has 0 aromatic heterocycles. The van der Waals surface area contributed by atoms with Gasteiger partial charge in [-0.25, -0.2) is 0 Å². The molecule has 0 saturated carbocycles. The maximum Gasteiger partial charge on any atom is 0.500 e. The van der Waals surface area contributed by atoms with Crippen LogP contribution in [0.25, 0.3) is 0 Å². The van der Waals surface area contributed by atoms with E-state index in [0.29, 0.717) is 6.04 Å². The van der Waals surface area contributed by atoms with Gasteiger partial charge in [0.2, 0.25) is 0 Å². The Labute approximate surface area is 106 Å². The van der Waals surface area contributed by atoms with Gasteiger partial charge in [-0.2, -0.15) is 0 Å². The molecule has 0 spiro atoms. The lowest BCUT2D eigenvalue weighted by molar-refractivity contribution is 0.120. The quantitative estimate of drug-likeness (QED) is 0.679. The van der Waals surface area contributed by atoms with Gasteiger partial charge in [0, 0.05) is 53.0 Å². The summed E-state index contributed by atoms with van der Waals surface area (Å²) in [6, 6.07) is 1.48. The molecule has 0 aromatic rings. The first kappa shape index (κ1) is 15.1. The van der Waals surface area contributed by atoms with E-state index in [4.69, 9.17) is 13.3 Å². The molecule has 1 N–H and O–H groups in total. The second-order valence-electron chi connectivity index (χ2n) is 4.55. The van der Waals surface area contributed by atoms with Gasteiger partial charge in [-0.05, 0) is 19.9 Å². The molecule has 1 unspecified atom stereocenters. The molecule has 1 aliphatic rings. The molecule has 1 rings (SSSR count). The van der Waals surface area contributed by atoms with Crippen LogP contribution < -0.4 is 5.32 Å². The fourth-order valence-electron chi connectivity index (χ4n) is 2.29. The zero-order valence-electron chi connectivity index (χ0n) is 11.5. The molecule has 5 nitrogen and oxygen atoms in total. The first-order valence-electron chi connectivity index (χ1n) is 6.27. The number of hydrogen-bond donors (Lipinski definition) is 1. The van der Waals surface area contributed by atoms with E-state index in [2.05, 4.69) is 17.1 Å². The van der Waals surface area contributed by atoms with Crippen LogP contribution in [-0.2, 0) is 13.3 Å². The lowest BCUT2D eigenvalue weighted by Crippen LogP contribution is -2.50. The summed E-state index contributed by atoms with van der Waals surface area (Å²) in [4.78, 5) is 2.49. The van der Waals surface area contributed by atoms with Crippen molar-refractivity contribution in [2.24, 2.45) is 0 Å². The van der Waals surface area contributed by atoms with E-state index in [-0.39, 0.29) is 0 Å². The minimum atomic E-state index is -2.36. The average Bonchev–Trinajstić information content (AvgIpc) is 2.35. The fraction of sp³-hybridized carbons (Fsp3) is 1.00. The molecule has 0 aromatic carbocycles. The van der Waals surface area contributed by atoms with E-state index in [1.807, 2.05) is 0 Å². The van der Waals surface area contributed by atoms with Crippen molar-refractivity contribution in [1.82, 2.24) is 10.2 Å². The van der Waals surface area contributed by atoms with Gasteiger partial charge in [-0.3, -0.25) is 0 Å². The summed E-state index contributed by atoms with van der Waals surface area (Å²) >= 11 is 0. The van der Waals surface area contributed by atoms with Crippen molar-refractivity contribution in [1.29, 1.82) is 0 Å². The second-order valence-corrected chi connectivity index (χ2v) is 7.65. The van der Waals surface area contributed by atoms with Crippen LogP contribution in [0.3, 0.4) is 0 Å². The number of nitrogens with zero attached hydrogens (tertiary/aromatic N) is 1. The Morgan fingerprint density at radius 1 is 1.24 bits per heavy atom. The SMILES string of the molecule is CO[Si](CCCN1CCNC(C)C1)(OC)OC. The van der Waals surface area contributed by atoms with Crippen LogP contribution >= 0.6 is 0 Å². The minimum absolute atomic E-state index is 0.595. The zero-order chi connectivity index (χ0) is 12.7. The second kappa shape index (κ2) is 7.45. The van der Waals surface area contributed by atoms with Crippen LogP contribution in [0.4, 0.5) is 0 Å². The third-order valence-corrected chi connectivity index (χ3v) is 6.18. The zero-order valence-corrected chi connectivity index (χ0v) is 12.5. The molecular weight excluding hydrogens is 236 g/mol. The highest BCUT2D eigenvalue weighted by atomic mass is 28.4. The largest absolute Gasteiger partial charge is 0.500 e. The number of hydrogen-bond acceptors (Lipinski definition) is 5. The lowest BCUT2D eigenvalue weighted by atomic mass is 10.2. The van der Waals surface area contributed by atoms with Crippen LogP contribution in [0.2, 0.25) is 6.04 Å². The summed E-state index contributed by atoms with van der Waals surface area (Å²) in [6.45, 7) is 6.66. The van der Waals surface area contributed by atoms with Gasteiger partial charge in [0.1, 0.15) is 0 Å². The van der Waals surface area contributed by atoms with E-state index >= 15 is 0 Å². The van der Waals surface area contributed by atoms with E-state index in [0.717, 1.165) is 38.6 Å². The third-order valence-electron chi connectivity index (χ3n) is 3.34. The highest BCUT2D eigenvalue weighted by Gasteiger charge is 2.37. The third kappa shape index (κ3) is 4.65. The van der Waals surface area contributed by atoms with E-state index in [1.165, 1.54) is 0 Å². The molecule has 102 valence electrons. The van der Waals surface area contributed by atoms with Crippen molar-refractivity contribution in [2.75, 3.05) is 47.5 Å². The van der Waals surface area contributed by atoms with Crippen molar-refractivity contribution in [3.63, 3.8) is 0 Å². The highest BCUT2D eigenvalue weighted by molar-refractivity contribution is 6.60. The molecule has 1 heterocycles. The van der Waals surface area contributed by atoms with Crippen LogP contribution in [0.5, 0.6) is 0 Å².